The second-order valence-corrected chi connectivity index (χ2v) is 3.80. The van der Waals surface area contributed by atoms with Crippen molar-refractivity contribution in [2.24, 2.45) is 0 Å². The first kappa shape index (κ1) is 10.5. The van der Waals surface area contributed by atoms with Crippen LogP contribution in [-0.4, -0.2) is 20.9 Å². The number of carbonyl (C=O) groups is 1. The third-order valence-corrected chi connectivity index (χ3v) is 2.94. The first-order valence-corrected chi connectivity index (χ1v) is 4.48. The third kappa shape index (κ3) is 3.04. The maximum Gasteiger partial charge on any atom is 1.00 e. The van der Waals surface area contributed by atoms with Crippen LogP contribution in [-0.2, 0) is 4.79 Å². The molecule has 1 aliphatic rings. The summed E-state index contributed by atoms with van der Waals surface area (Å²) in [6.45, 7) is 0. The van der Waals surface area contributed by atoms with E-state index in [2.05, 4.69) is 0 Å². The Morgan fingerprint density at radius 3 is 2.50 bits per heavy atom. The van der Waals surface area contributed by atoms with E-state index in [1.165, 1.54) is 0 Å². The van der Waals surface area contributed by atoms with Gasteiger partial charge in [0, 0.05) is 0 Å². The van der Waals surface area contributed by atoms with E-state index in [-0.39, 0.29) is 49.3 Å². The Labute approximate surface area is 87.8 Å². The van der Waals surface area contributed by atoms with E-state index >= 15 is 0 Å². The van der Waals surface area contributed by atoms with E-state index in [0.29, 0.717) is 0 Å². The average Bonchev–Trinajstić information content (AvgIpc) is 1.90. The van der Waals surface area contributed by atoms with Gasteiger partial charge in [-0.1, -0.05) is 0 Å². The number of allylic oxidation sites excluding steroid dienone is 2. The Kier molecular flexibility index (Phi) is 5.41. The van der Waals surface area contributed by atoms with Crippen molar-refractivity contribution >= 4 is 20.9 Å². The van der Waals surface area contributed by atoms with Gasteiger partial charge in [0.05, 0.1) is 0 Å². The summed E-state index contributed by atoms with van der Waals surface area (Å²) in [6.07, 6.45) is 5.26. The molecule has 0 radical (unpaired) electrons. The number of carboxylic acids is 1. The fraction of sp³-hybridized carbons (Fsp3) is 0.167. The fourth-order valence-electron chi connectivity index (χ4n) is 0.520. The SMILES string of the molecule is O=C([O-])C1C=CC=C[Se]1.[Na+]. The summed E-state index contributed by atoms with van der Waals surface area (Å²) in [5, 5.41) is 10.2. The predicted octanol–water partition coefficient (Wildman–Crippen LogP) is -3.68. The van der Waals surface area contributed by atoms with Crippen molar-refractivity contribution in [3.63, 3.8) is 0 Å². The van der Waals surface area contributed by atoms with Crippen LogP contribution in [0, 0.1) is 0 Å². The molecule has 4 heteroatoms. The summed E-state index contributed by atoms with van der Waals surface area (Å²) in [4.78, 5) is 11.7. The summed E-state index contributed by atoms with van der Waals surface area (Å²) < 4.78 is 0. The second kappa shape index (κ2) is 5.16. The molecule has 1 unspecified atom stereocenters. The van der Waals surface area contributed by atoms with E-state index in [1.54, 1.807) is 12.2 Å². The molecule has 0 saturated heterocycles. The van der Waals surface area contributed by atoms with Crippen molar-refractivity contribution in [1.29, 1.82) is 0 Å². The van der Waals surface area contributed by atoms with Crippen LogP contribution in [0.2, 0.25) is 4.82 Å². The minimum absolute atomic E-state index is 0. The maximum atomic E-state index is 10.2. The predicted molar refractivity (Wildman–Crippen MR) is 32.8 cm³/mol. The van der Waals surface area contributed by atoms with E-state index < -0.39 is 5.97 Å². The van der Waals surface area contributed by atoms with Gasteiger partial charge >= 0.3 is 88.4 Å². The third-order valence-electron chi connectivity index (χ3n) is 0.933. The molecule has 0 bridgehead atoms. The van der Waals surface area contributed by atoms with Crippen LogP contribution in [0.15, 0.2) is 23.2 Å². The maximum absolute atomic E-state index is 10.2. The second-order valence-electron chi connectivity index (χ2n) is 1.59. The van der Waals surface area contributed by atoms with Gasteiger partial charge < -0.3 is 0 Å². The molecule has 0 aromatic carbocycles. The minimum atomic E-state index is -0.962. The summed E-state index contributed by atoms with van der Waals surface area (Å²) in [5.74, 6) is -0.962. The zero-order valence-electron chi connectivity index (χ0n) is 5.61. The summed E-state index contributed by atoms with van der Waals surface area (Å²) in [5.41, 5.74) is 0. The zero-order chi connectivity index (χ0) is 6.69. The number of hydrogen-bond acceptors (Lipinski definition) is 2. The van der Waals surface area contributed by atoms with Gasteiger partial charge in [0.1, 0.15) is 0 Å². The van der Waals surface area contributed by atoms with Crippen molar-refractivity contribution < 1.29 is 39.5 Å². The Bertz CT molecular complexity index is 177. The average molecular weight is 211 g/mol. The molecule has 1 rings (SSSR count). The first-order valence-electron chi connectivity index (χ1n) is 2.50. The van der Waals surface area contributed by atoms with Crippen molar-refractivity contribution in [3.05, 3.63) is 23.2 Å². The van der Waals surface area contributed by atoms with E-state index in [4.69, 9.17) is 0 Å². The standard InChI is InChI=1S/C6H6O2Se.Na/c7-6(8)5-3-1-2-4-9-5;/h1-5H,(H,7,8);/q;+1/p-1. The molecule has 1 atom stereocenters. The van der Waals surface area contributed by atoms with Gasteiger partial charge in [-0.3, -0.25) is 0 Å². The van der Waals surface area contributed by atoms with E-state index in [9.17, 15) is 9.90 Å². The molecule has 48 valence electrons. The molecule has 0 saturated carbocycles. The van der Waals surface area contributed by atoms with Gasteiger partial charge in [-0.05, 0) is 0 Å². The van der Waals surface area contributed by atoms with Gasteiger partial charge in [0.2, 0.25) is 0 Å². The zero-order valence-corrected chi connectivity index (χ0v) is 9.32. The quantitative estimate of drug-likeness (QED) is 0.419. The van der Waals surface area contributed by atoms with Crippen molar-refractivity contribution in [1.82, 2.24) is 0 Å². The molecule has 0 aromatic heterocycles. The van der Waals surface area contributed by atoms with Gasteiger partial charge in [-0.25, -0.2) is 0 Å². The van der Waals surface area contributed by atoms with Gasteiger partial charge in [0.15, 0.2) is 0 Å². The molecule has 0 spiro atoms. The largest absolute Gasteiger partial charge is 1.00 e. The molecule has 1 aliphatic heterocycles. The topological polar surface area (TPSA) is 40.1 Å². The number of rotatable bonds is 1. The van der Waals surface area contributed by atoms with Crippen LogP contribution in [0.1, 0.15) is 0 Å². The van der Waals surface area contributed by atoms with Crippen LogP contribution in [0.4, 0.5) is 0 Å². The molecule has 0 fully saturated rings. The monoisotopic (exact) mass is 212 g/mol. The van der Waals surface area contributed by atoms with Gasteiger partial charge in [-0.15, -0.1) is 0 Å². The normalized spacial score (nSPS) is 21.8. The summed E-state index contributed by atoms with van der Waals surface area (Å²) >= 11 is 0.0631. The number of carbonyl (C=O) groups excluding carboxylic acids is 1. The van der Waals surface area contributed by atoms with Crippen LogP contribution in [0.3, 0.4) is 0 Å². The molecule has 0 N–H and O–H groups in total. The summed E-state index contributed by atoms with van der Waals surface area (Å²) in [6, 6.07) is 0. The molecular weight excluding hydrogens is 206 g/mol. The molecule has 0 aromatic rings. The molecule has 2 nitrogen and oxygen atoms in total. The van der Waals surface area contributed by atoms with Crippen molar-refractivity contribution in [3.8, 4) is 0 Å². The molecule has 1 heterocycles. The van der Waals surface area contributed by atoms with E-state index in [1.807, 2.05) is 11.1 Å². The Morgan fingerprint density at radius 2 is 2.20 bits per heavy atom. The van der Waals surface area contributed by atoms with Crippen LogP contribution in [0.5, 0.6) is 0 Å². The van der Waals surface area contributed by atoms with Gasteiger partial charge in [-0.2, -0.15) is 0 Å². The Balaban J connectivity index is 0.000000810. The molecular formula is C6H5NaO2Se. The Hall–Kier alpha value is 0.469. The van der Waals surface area contributed by atoms with Crippen LogP contribution >= 0.6 is 0 Å². The fourth-order valence-corrected chi connectivity index (χ4v) is 1.87. The molecule has 0 amide bonds. The number of aliphatic carboxylic acids is 1. The van der Waals surface area contributed by atoms with Gasteiger partial charge in [0.25, 0.3) is 0 Å². The molecule has 0 aliphatic carbocycles. The molecule has 10 heavy (non-hydrogen) atoms. The van der Waals surface area contributed by atoms with Crippen molar-refractivity contribution in [2.75, 3.05) is 0 Å². The minimum Gasteiger partial charge on any atom is 1.00 e. The van der Waals surface area contributed by atoms with Crippen LogP contribution < -0.4 is 34.7 Å². The first-order chi connectivity index (χ1) is 4.30. The summed E-state index contributed by atoms with van der Waals surface area (Å²) in [7, 11) is 0. The number of carboxylic acid groups (broad SMARTS) is 1. The number of hydrogen-bond donors (Lipinski definition) is 0. The smallest absolute Gasteiger partial charge is 1.00 e. The van der Waals surface area contributed by atoms with Crippen molar-refractivity contribution in [2.45, 2.75) is 4.82 Å². The van der Waals surface area contributed by atoms with E-state index in [0.717, 1.165) is 0 Å². The van der Waals surface area contributed by atoms with Crippen LogP contribution in [0.25, 0.3) is 0 Å². The Morgan fingerprint density at radius 1 is 1.50 bits per heavy atom.